The Morgan fingerprint density at radius 3 is 2.61 bits per heavy atom. The van der Waals surface area contributed by atoms with Crippen molar-refractivity contribution < 1.29 is 22.4 Å². The Bertz CT molecular complexity index is 709. The minimum Gasteiger partial charge on any atom is -0.504 e. The van der Waals surface area contributed by atoms with E-state index in [2.05, 4.69) is 9.68 Å². The first-order chi connectivity index (χ1) is 8.30. The summed E-state index contributed by atoms with van der Waals surface area (Å²) in [4.78, 5) is -0.583. The fraction of sp³-hybridized carbons (Fsp3) is 0.100. The SMILES string of the molecule is CS(=O)(=O)c1ccc(-c2cc(N)on2)c(O)c1F. The Morgan fingerprint density at radius 2 is 2.11 bits per heavy atom. The molecule has 2 aromatic rings. The van der Waals surface area contributed by atoms with Gasteiger partial charge in [0.2, 0.25) is 5.88 Å². The molecule has 0 bridgehead atoms. The molecule has 1 aromatic heterocycles. The number of anilines is 1. The van der Waals surface area contributed by atoms with Crippen LogP contribution in [0.2, 0.25) is 0 Å². The van der Waals surface area contributed by atoms with Crippen LogP contribution in [-0.2, 0) is 9.84 Å². The topological polar surface area (TPSA) is 106 Å². The molecule has 0 aliphatic rings. The van der Waals surface area contributed by atoms with E-state index in [1.54, 1.807) is 0 Å². The van der Waals surface area contributed by atoms with Crippen LogP contribution in [-0.4, -0.2) is 24.9 Å². The number of halogens is 1. The van der Waals surface area contributed by atoms with Gasteiger partial charge in [-0.3, -0.25) is 0 Å². The van der Waals surface area contributed by atoms with Crippen LogP contribution < -0.4 is 5.73 Å². The van der Waals surface area contributed by atoms with Gasteiger partial charge in [0.05, 0.1) is 0 Å². The number of benzene rings is 1. The third kappa shape index (κ3) is 2.02. The van der Waals surface area contributed by atoms with Gasteiger partial charge in [-0.2, -0.15) is 0 Å². The summed E-state index contributed by atoms with van der Waals surface area (Å²) < 4.78 is 40.8. The minimum atomic E-state index is -3.75. The molecule has 1 aromatic carbocycles. The maximum Gasteiger partial charge on any atom is 0.222 e. The molecule has 0 amide bonds. The summed E-state index contributed by atoms with van der Waals surface area (Å²) in [5.74, 6) is -2.04. The third-order valence-corrected chi connectivity index (χ3v) is 3.40. The largest absolute Gasteiger partial charge is 0.504 e. The second kappa shape index (κ2) is 3.98. The zero-order chi connectivity index (χ0) is 13.5. The summed E-state index contributed by atoms with van der Waals surface area (Å²) in [5, 5.41) is 13.1. The van der Waals surface area contributed by atoms with Crippen molar-refractivity contribution in [3.63, 3.8) is 0 Å². The molecule has 2 rings (SSSR count). The predicted molar refractivity (Wildman–Crippen MR) is 61.1 cm³/mol. The zero-order valence-electron chi connectivity index (χ0n) is 9.21. The molecule has 96 valence electrons. The van der Waals surface area contributed by atoms with Crippen LogP contribution in [0.3, 0.4) is 0 Å². The molecule has 0 spiro atoms. The first kappa shape index (κ1) is 12.4. The lowest BCUT2D eigenvalue weighted by Gasteiger charge is -2.06. The highest BCUT2D eigenvalue weighted by atomic mass is 32.2. The van der Waals surface area contributed by atoms with Crippen LogP contribution in [0.15, 0.2) is 27.6 Å². The van der Waals surface area contributed by atoms with Crippen LogP contribution in [0, 0.1) is 5.82 Å². The van der Waals surface area contributed by atoms with Crippen molar-refractivity contribution in [1.29, 1.82) is 0 Å². The highest BCUT2D eigenvalue weighted by Crippen LogP contribution is 2.34. The molecule has 0 fully saturated rings. The highest BCUT2D eigenvalue weighted by molar-refractivity contribution is 7.90. The number of nitrogens with two attached hydrogens (primary N) is 1. The van der Waals surface area contributed by atoms with Crippen LogP contribution in [0.25, 0.3) is 11.3 Å². The van der Waals surface area contributed by atoms with Crippen molar-refractivity contribution in [1.82, 2.24) is 5.16 Å². The van der Waals surface area contributed by atoms with Crippen LogP contribution in [0.4, 0.5) is 10.3 Å². The number of nitrogen functional groups attached to an aromatic ring is 1. The third-order valence-electron chi connectivity index (χ3n) is 2.28. The van der Waals surface area contributed by atoms with E-state index >= 15 is 0 Å². The van der Waals surface area contributed by atoms with E-state index in [0.717, 1.165) is 12.3 Å². The number of phenolic OH excluding ortho intramolecular Hbond substituents is 1. The van der Waals surface area contributed by atoms with Gasteiger partial charge < -0.3 is 15.4 Å². The van der Waals surface area contributed by atoms with Gasteiger partial charge in [0.1, 0.15) is 10.6 Å². The van der Waals surface area contributed by atoms with Crippen molar-refractivity contribution >= 4 is 15.7 Å². The Balaban J connectivity index is 2.65. The highest BCUT2D eigenvalue weighted by Gasteiger charge is 2.21. The minimum absolute atomic E-state index is 0.000324. The van der Waals surface area contributed by atoms with E-state index in [9.17, 15) is 17.9 Å². The van der Waals surface area contributed by atoms with Gasteiger partial charge in [-0.15, -0.1) is 0 Å². The van der Waals surface area contributed by atoms with E-state index in [-0.39, 0.29) is 17.1 Å². The molecule has 0 atom stereocenters. The average Bonchev–Trinajstić information content (AvgIpc) is 2.67. The molecule has 0 radical (unpaired) electrons. The average molecular weight is 272 g/mol. The molecule has 3 N–H and O–H groups in total. The van der Waals surface area contributed by atoms with E-state index in [1.165, 1.54) is 12.1 Å². The summed E-state index contributed by atoms with van der Waals surface area (Å²) in [7, 11) is -3.75. The van der Waals surface area contributed by atoms with E-state index < -0.39 is 26.3 Å². The molecule has 8 heteroatoms. The van der Waals surface area contributed by atoms with E-state index in [1.807, 2.05) is 0 Å². The number of rotatable bonds is 2. The first-order valence-corrected chi connectivity index (χ1v) is 6.64. The van der Waals surface area contributed by atoms with Crippen LogP contribution in [0.1, 0.15) is 0 Å². The van der Waals surface area contributed by atoms with Crippen molar-refractivity contribution in [3.05, 3.63) is 24.0 Å². The van der Waals surface area contributed by atoms with Crippen LogP contribution in [0.5, 0.6) is 5.75 Å². The normalized spacial score (nSPS) is 11.7. The van der Waals surface area contributed by atoms with Gasteiger partial charge in [0.25, 0.3) is 0 Å². The number of hydrogen-bond donors (Lipinski definition) is 2. The Kier molecular flexibility index (Phi) is 2.74. The number of hydrogen-bond acceptors (Lipinski definition) is 6. The van der Waals surface area contributed by atoms with E-state index in [4.69, 9.17) is 5.73 Å². The molecule has 1 heterocycles. The summed E-state index contributed by atoms with van der Waals surface area (Å²) in [5.41, 5.74) is 5.42. The van der Waals surface area contributed by atoms with Gasteiger partial charge in [0, 0.05) is 17.9 Å². The van der Waals surface area contributed by atoms with Gasteiger partial charge >= 0.3 is 0 Å². The fourth-order valence-electron chi connectivity index (χ4n) is 1.46. The monoisotopic (exact) mass is 272 g/mol. The number of aromatic hydroxyl groups is 1. The molecule has 6 nitrogen and oxygen atoms in total. The number of nitrogens with zero attached hydrogens (tertiary/aromatic N) is 1. The maximum atomic E-state index is 13.7. The molecule has 0 aliphatic carbocycles. The molecule has 0 aliphatic heterocycles. The second-order valence-corrected chi connectivity index (χ2v) is 5.64. The Hall–Kier alpha value is -2.09. The van der Waals surface area contributed by atoms with Gasteiger partial charge in [0.15, 0.2) is 21.4 Å². The summed E-state index contributed by atoms with van der Waals surface area (Å²) >= 11 is 0. The molecule has 0 unspecified atom stereocenters. The molecule has 18 heavy (non-hydrogen) atoms. The van der Waals surface area contributed by atoms with Gasteiger partial charge in [-0.1, -0.05) is 5.16 Å². The molecular formula is C10H9FN2O4S. The quantitative estimate of drug-likeness (QED) is 0.850. The smallest absolute Gasteiger partial charge is 0.222 e. The standard InChI is InChI=1S/C10H9FN2O4S/c1-18(15,16)7-3-2-5(10(14)9(7)11)6-4-8(12)17-13-6/h2-4,14H,12H2,1H3. The molecule has 0 saturated heterocycles. The first-order valence-electron chi connectivity index (χ1n) is 4.75. The lowest BCUT2D eigenvalue weighted by atomic mass is 10.1. The number of phenols is 1. The predicted octanol–water partition coefficient (Wildman–Crippen LogP) is 1.17. The number of sulfone groups is 1. The van der Waals surface area contributed by atoms with Crippen molar-refractivity contribution in [3.8, 4) is 17.0 Å². The molecular weight excluding hydrogens is 263 g/mol. The van der Waals surface area contributed by atoms with E-state index in [0.29, 0.717) is 0 Å². The lowest BCUT2D eigenvalue weighted by Crippen LogP contribution is -2.01. The van der Waals surface area contributed by atoms with Crippen LogP contribution >= 0.6 is 0 Å². The second-order valence-electron chi connectivity index (χ2n) is 3.66. The van der Waals surface area contributed by atoms with Gasteiger partial charge in [-0.05, 0) is 12.1 Å². The summed E-state index contributed by atoms with van der Waals surface area (Å²) in [6.45, 7) is 0. The van der Waals surface area contributed by atoms with Crippen molar-refractivity contribution in [2.75, 3.05) is 12.0 Å². The molecule has 0 saturated carbocycles. The lowest BCUT2D eigenvalue weighted by molar-refractivity contribution is 0.420. The fourth-order valence-corrected chi connectivity index (χ4v) is 2.19. The number of aromatic nitrogens is 1. The zero-order valence-corrected chi connectivity index (χ0v) is 10.0. The summed E-state index contributed by atoms with van der Waals surface area (Å²) in [6, 6.07) is 3.56. The van der Waals surface area contributed by atoms with Gasteiger partial charge in [-0.25, -0.2) is 12.8 Å². The van der Waals surface area contributed by atoms with Crippen molar-refractivity contribution in [2.24, 2.45) is 0 Å². The van der Waals surface area contributed by atoms with Crippen molar-refractivity contribution in [2.45, 2.75) is 4.90 Å². The Labute approximate surface area is 102 Å². The maximum absolute atomic E-state index is 13.7. The Morgan fingerprint density at radius 1 is 1.44 bits per heavy atom. The summed E-state index contributed by atoms with van der Waals surface area (Å²) in [6.07, 6.45) is 0.846.